The molecule has 1 aromatic heterocycles. The average Bonchev–Trinajstić information content (AvgIpc) is 2.94. The first-order valence-corrected chi connectivity index (χ1v) is 8.30. The molecule has 0 bridgehead atoms. The molecule has 0 aliphatic heterocycles. The number of hydrogen-bond donors (Lipinski definition) is 2. The van der Waals surface area contributed by atoms with Gasteiger partial charge in [0.05, 0.1) is 17.6 Å². The fourth-order valence-electron chi connectivity index (χ4n) is 1.79. The van der Waals surface area contributed by atoms with Gasteiger partial charge in [-0.05, 0) is 31.2 Å². The summed E-state index contributed by atoms with van der Waals surface area (Å²) in [4.78, 5) is 4.23. The Morgan fingerprint density at radius 3 is 2.48 bits per heavy atom. The van der Waals surface area contributed by atoms with E-state index in [1.54, 1.807) is 30.5 Å². The van der Waals surface area contributed by atoms with Crippen molar-refractivity contribution in [2.24, 2.45) is 0 Å². The van der Waals surface area contributed by atoms with Crippen LogP contribution in [0.15, 0.2) is 39.8 Å². The average molecular weight is 309 g/mol. The highest BCUT2D eigenvalue weighted by atomic mass is 32.2. The number of aryl methyl sites for hydroxylation is 1. The quantitative estimate of drug-likeness (QED) is 0.818. The molecule has 2 N–H and O–H groups in total. The number of nitrogens with zero attached hydrogens (tertiary/aromatic N) is 1. The molecule has 2 rings (SSSR count). The maximum absolute atomic E-state index is 12.2. The Bertz CT molecular complexity index is 678. The van der Waals surface area contributed by atoms with E-state index in [1.807, 2.05) is 13.8 Å². The predicted octanol–water partition coefficient (Wildman–Crippen LogP) is 2.15. The fourth-order valence-corrected chi connectivity index (χ4v) is 2.76. The molecule has 0 unspecified atom stereocenters. The molecule has 114 valence electrons. The van der Waals surface area contributed by atoms with E-state index in [-0.39, 0.29) is 11.4 Å². The van der Waals surface area contributed by atoms with Gasteiger partial charge in [0.2, 0.25) is 15.9 Å². The van der Waals surface area contributed by atoms with Crippen LogP contribution in [0.5, 0.6) is 0 Å². The minimum Gasteiger partial charge on any atom is -0.444 e. The largest absolute Gasteiger partial charge is 0.444 e. The van der Waals surface area contributed by atoms with Gasteiger partial charge in [-0.1, -0.05) is 6.92 Å². The van der Waals surface area contributed by atoms with E-state index in [0.29, 0.717) is 5.89 Å². The molecule has 0 fully saturated rings. The molecular formula is C14H19N3O3S. The van der Waals surface area contributed by atoms with Crippen LogP contribution < -0.4 is 10.0 Å². The number of sulfonamides is 1. The normalized spacial score (nSPS) is 11.5. The molecule has 0 amide bonds. The summed E-state index contributed by atoms with van der Waals surface area (Å²) in [5, 5.41) is 3.11. The van der Waals surface area contributed by atoms with Gasteiger partial charge >= 0.3 is 0 Å². The zero-order valence-electron chi connectivity index (χ0n) is 12.1. The van der Waals surface area contributed by atoms with Crippen molar-refractivity contribution in [3.63, 3.8) is 0 Å². The second-order valence-corrected chi connectivity index (χ2v) is 6.22. The number of rotatable bonds is 7. The highest BCUT2D eigenvalue weighted by Gasteiger charge is 2.15. The standard InChI is InChI=1S/C14H19N3O3S/c1-3-12-9-16-14(20-12)10-17-21(18,19)13-7-5-11(6-8-13)15-4-2/h5-9,15,17H,3-4,10H2,1-2H3. The minimum atomic E-state index is -3.57. The fraction of sp³-hybridized carbons (Fsp3) is 0.357. The number of hydrogen-bond acceptors (Lipinski definition) is 5. The van der Waals surface area contributed by atoms with Gasteiger partial charge in [0.25, 0.3) is 0 Å². The van der Waals surface area contributed by atoms with Crippen LogP contribution in [0.4, 0.5) is 5.69 Å². The summed E-state index contributed by atoms with van der Waals surface area (Å²) < 4.78 is 32.1. The lowest BCUT2D eigenvalue weighted by molar-refractivity contribution is 0.452. The van der Waals surface area contributed by atoms with E-state index in [9.17, 15) is 8.42 Å². The lowest BCUT2D eigenvalue weighted by Gasteiger charge is -2.07. The molecule has 1 aromatic carbocycles. The van der Waals surface area contributed by atoms with Crippen LogP contribution in [-0.2, 0) is 23.0 Å². The van der Waals surface area contributed by atoms with Crippen molar-refractivity contribution < 1.29 is 12.8 Å². The van der Waals surface area contributed by atoms with Crippen molar-refractivity contribution in [3.05, 3.63) is 42.1 Å². The third-order valence-corrected chi connectivity index (χ3v) is 4.33. The van der Waals surface area contributed by atoms with Crippen molar-refractivity contribution in [2.45, 2.75) is 31.7 Å². The van der Waals surface area contributed by atoms with E-state index in [4.69, 9.17) is 4.42 Å². The van der Waals surface area contributed by atoms with Crippen LogP contribution in [-0.4, -0.2) is 19.9 Å². The van der Waals surface area contributed by atoms with Gasteiger partial charge < -0.3 is 9.73 Å². The Hall–Kier alpha value is -1.86. The molecule has 0 spiro atoms. The molecular weight excluding hydrogens is 290 g/mol. The number of aromatic nitrogens is 1. The number of nitrogens with one attached hydrogen (secondary N) is 2. The van der Waals surface area contributed by atoms with Crippen LogP contribution in [0.1, 0.15) is 25.5 Å². The molecule has 0 atom stereocenters. The van der Waals surface area contributed by atoms with E-state index in [0.717, 1.165) is 24.4 Å². The van der Waals surface area contributed by atoms with Crippen LogP contribution >= 0.6 is 0 Å². The highest BCUT2D eigenvalue weighted by Crippen LogP contribution is 2.14. The Morgan fingerprint density at radius 1 is 1.19 bits per heavy atom. The maximum atomic E-state index is 12.2. The van der Waals surface area contributed by atoms with Gasteiger partial charge in [0, 0.05) is 18.7 Å². The molecule has 0 saturated heterocycles. The predicted molar refractivity (Wildman–Crippen MR) is 80.5 cm³/mol. The monoisotopic (exact) mass is 309 g/mol. The molecule has 0 aliphatic carbocycles. The first-order chi connectivity index (χ1) is 10.0. The molecule has 6 nitrogen and oxygen atoms in total. The Morgan fingerprint density at radius 2 is 1.90 bits per heavy atom. The maximum Gasteiger partial charge on any atom is 0.241 e. The van der Waals surface area contributed by atoms with E-state index >= 15 is 0 Å². The third kappa shape index (κ3) is 4.05. The number of benzene rings is 1. The molecule has 7 heteroatoms. The molecule has 21 heavy (non-hydrogen) atoms. The third-order valence-electron chi connectivity index (χ3n) is 2.91. The topological polar surface area (TPSA) is 84.2 Å². The van der Waals surface area contributed by atoms with Crippen LogP contribution in [0, 0.1) is 0 Å². The van der Waals surface area contributed by atoms with Gasteiger partial charge in [-0.3, -0.25) is 0 Å². The summed E-state index contributed by atoms with van der Waals surface area (Å²) in [7, 11) is -3.57. The zero-order chi connectivity index (χ0) is 15.3. The summed E-state index contributed by atoms with van der Waals surface area (Å²) in [6.07, 6.45) is 2.33. The van der Waals surface area contributed by atoms with Crippen molar-refractivity contribution in [1.82, 2.24) is 9.71 Å². The highest BCUT2D eigenvalue weighted by molar-refractivity contribution is 7.89. The van der Waals surface area contributed by atoms with Gasteiger partial charge in [-0.25, -0.2) is 18.1 Å². The second kappa shape index (κ2) is 6.73. The van der Waals surface area contributed by atoms with Gasteiger partial charge in [0.15, 0.2) is 0 Å². The van der Waals surface area contributed by atoms with Crippen molar-refractivity contribution >= 4 is 15.7 Å². The Balaban J connectivity index is 2.03. The first-order valence-electron chi connectivity index (χ1n) is 6.82. The summed E-state index contributed by atoms with van der Waals surface area (Å²) in [6.45, 7) is 4.75. The molecule has 0 radical (unpaired) electrons. The van der Waals surface area contributed by atoms with Crippen molar-refractivity contribution in [3.8, 4) is 0 Å². The molecule has 0 aliphatic rings. The van der Waals surface area contributed by atoms with E-state index in [2.05, 4.69) is 15.0 Å². The van der Waals surface area contributed by atoms with Crippen molar-refractivity contribution in [1.29, 1.82) is 0 Å². The summed E-state index contributed by atoms with van der Waals surface area (Å²) in [5.74, 6) is 1.10. The van der Waals surface area contributed by atoms with E-state index < -0.39 is 10.0 Å². The molecule has 2 aromatic rings. The SMILES string of the molecule is CCNc1ccc(S(=O)(=O)NCc2ncc(CC)o2)cc1. The van der Waals surface area contributed by atoms with Crippen LogP contribution in [0.2, 0.25) is 0 Å². The van der Waals surface area contributed by atoms with E-state index in [1.165, 1.54) is 0 Å². The summed E-state index contributed by atoms with van der Waals surface area (Å²) in [6, 6.07) is 6.59. The minimum absolute atomic E-state index is 0.0390. The van der Waals surface area contributed by atoms with Crippen molar-refractivity contribution in [2.75, 3.05) is 11.9 Å². The van der Waals surface area contributed by atoms with Crippen LogP contribution in [0.25, 0.3) is 0 Å². The van der Waals surface area contributed by atoms with Gasteiger partial charge in [-0.2, -0.15) is 0 Å². The Kier molecular flexibility index (Phi) is 4.98. The number of oxazole rings is 1. The lowest BCUT2D eigenvalue weighted by atomic mass is 10.3. The van der Waals surface area contributed by atoms with Crippen LogP contribution in [0.3, 0.4) is 0 Å². The number of anilines is 1. The first kappa shape index (κ1) is 15.5. The second-order valence-electron chi connectivity index (χ2n) is 4.45. The van der Waals surface area contributed by atoms with Gasteiger partial charge in [0.1, 0.15) is 5.76 Å². The smallest absolute Gasteiger partial charge is 0.241 e. The summed E-state index contributed by atoms with van der Waals surface area (Å²) in [5.41, 5.74) is 0.886. The Labute approximate surface area is 124 Å². The molecule has 0 saturated carbocycles. The molecule has 1 heterocycles. The zero-order valence-corrected chi connectivity index (χ0v) is 12.9. The van der Waals surface area contributed by atoms with Gasteiger partial charge in [-0.15, -0.1) is 0 Å². The lowest BCUT2D eigenvalue weighted by Crippen LogP contribution is -2.23. The summed E-state index contributed by atoms with van der Waals surface area (Å²) >= 11 is 0.